The fourth-order valence-corrected chi connectivity index (χ4v) is 2.03. The average molecular weight is 351 g/mol. The van der Waals surface area contributed by atoms with Crippen molar-refractivity contribution < 1.29 is 22.8 Å². The number of rotatable bonds is 5. The van der Waals surface area contributed by atoms with Crippen molar-refractivity contribution in [3.8, 4) is 0 Å². The van der Waals surface area contributed by atoms with Gasteiger partial charge in [-0.2, -0.15) is 13.2 Å². The Balaban J connectivity index is 1.89. The van der Waals surface area contributed by atoms with Crippen molar-refractivity contribution in [1.82, 2.24) is 0 Å². The molecule has 0 saturated carbocycles. The molecule has 0 spiro atoms. The van der Waals surface area contributed by atoms with Gasteiger partial charge in [0, 0.05) is 24.0 Å². The molecule has 0 radical (unpaired) electrons. The molecule has 5 nitrogen and oxygen atoms in total. The second kappa shape index (κ2) is 7.69. The van der Waals surface area contributed by atoms with Crippen LogP contribution in [0.15, 0.2) is 48.5 Å². The van der Waals surface area contributed by atoms with Crippen molar-refractivity contribution in [2.75, 3.05) is 22.5 Å². The maximum atomic E-state index is 12.6. The number of hydrogen-bond acceptors (Lipinski definition) is 3. The number of carbonyl (C=O) groups excluding carboxylic acids is 2. The van der Waals surface area contributed by atoms with Gasteiger partial charge in [0.25, 0.3) is 0 Å². The predicted octanol–water partition coefficient (Wildman–Crippen LogP) is 3.71. The Bertz CT molecular complexity index is 758. The molecule has 0 aliphatic heterocycles. The number of anilines is 3. The predicted molar refractivity (Wildman–Crippen MR) is 89.3 cm³/mol. The Hall–Kier alpha value is -3.03. The molecule has 0 aliphatic carbocycles. The molecule has 0 atom stereocenters. The second-order valence-electron chi connectivity index (χ2n) is 5.24. The third kappa shape index (κ3) is 5.83. The third-order valence-electron chi connectivity index (χ3n) is 3.13. The maximum absolute atomic E-state index is 12.6. The highest BCUT2D eigenvalue weighted by Crippen LogP contribution is 2.30. The summed E-state index contributed by atoms with van der Waals surface area (Å²) in [7, 11) is 0. The van der Waals surface area contributed by atoms with E-state index in [1.807, 2.05) is 0 Å². The molecule has 0 unspecified atom stereocenters. The van der Waals surface area contributed by atoms with E-state index in [-0.39, 0.29) is 18.1 Å². The first-order valence-electron chi connectivity index (χ1n) is 7.33. The van der Waals surface area contributed by atoms with Gasteiger partial charge in [-0.15, -0.1) is 0 Å². The van der Waals surface area contributed by atoms with Crippen LogP contribution in [0.25, 0.3) is 0 Å². The van der Waals surface area contributed by atoms with Crippen LogP contribution >= 0.6 is 0 Å². The monoisotopic (exact) mass is 351 g/mol. The molecule has 2 aromatic carbocycles. The molecule has 0 fully saturated rings. The summed E-state index contributed by atoms with van der Waals surface area (Å²) in [6.07, 6.45) is -4.43. The van der Waals surface area contributed by atoms with Crippen LogP contribution in [0.1, 0.15) is 12.5 Å². The average Bonchev–Trinajstić information content (AvgIpc) is 2.54. The molecule has 3 N–H and O–H groups in total. The van der Waals surface area contributed by atoms with Crippen molar-refractivity contribution in [3.05, 3.63) is 54.1 Å². The van der Waals surface area contributed by atoms with Crippen molar-refractivity contribution in [2.45, 2.75) is 13.1 Å². The van der Waals surface area contributed by atoms with Gasteiger partial charge in [-0.1, -0.05) is 6.07 Å². The molecule has 0 aliphatic rings. The largest absolute Gasteiger partial charge is 0.416 e. The van der Waals surface area contributed by atoms with Gasteiger partial charge in [-0.3, -0.25) is 9.59 Å². The Labute approximate surface area is 142 Å². The molecule has 132 valence electrons. The lowest BCUT2D eigenvalue weighted by Gasteiger charge is -2.11. The molecule has 8 heteroatoms. The quantitative estimate of drug-likeness (QED) is 0.769. The summed E-state index contributed by atoms with van der Waals surface area (Å²) in [5, 5.41) is 7.84. The highest BCUT2D eigenvalue weighted by molar-refractivity contribution is 5.94. The third-order valence-corrected chi connectivity index (χ3v) is 3.13. The molecular weight excluding hydrogens is 335 g/mol. The number of carbonyl (C=O) groups is 2. The Morgan fingerprint density at radius 3 is 2.08 bits per heavy atom. The van der Waals surface area contributed by atoms with Gasteiger partial charge in [0.2, 0.25) is 11.8 Å². The summed E-state index contributed by atoms with van der Waals surface area (Å²) in [6, 6.07) is 11.1. The Morgan fingerprint density at radius 2 is 1.52 bits per heavy atom. The molecule has 0 aromatic heterocycles. The van der Waals surface area contributed by atoms with Gasteiger partial charge < -0.3 is 16.0 Å². The van der Waals surface area contributed by atoms with E-state index in [9.17, 15) is 22.8 Å². The van der Waals surface area contributed by atoms with Gasteiger partial charge in [0.1, 0.15) is 0 Å². The first-order valence-corrected chi connectivity index (χ1v) is 7.33. The highest BCUT2D eigenvalue weighted by Gasteiger charge is 2.30. The normalized spacial score (nSPS) is 10.9. The van der Waals surface area contributed by atoms with Gasteiger partial charge in [0.05, 0.1) is 12.1 Å². The number of halogens is 3. The lowest BCUT2D eigenvalue weighted by molar-refractivity contribution is -0.137. The summed E-state index contributed by atoms with van der Waals surface area (Å²) >= 11 is 0. The smallest absolute Gasteiger partial charge is 0.376 e. The number of alkyl halides is 3. The van der Waals surface area contributed by atoms with Crippen LogP contribution in [0.3, 0.4) is 0 Å². The van der Waals surface area contributed by atoms with Crippen LogP contribution in [0, 0.1) is 0 Å². The summed E-state index contributed by atoms with van der Waals surface area (Å²) < 4.78 is 37.9. The van der Waals surface area contributed by atoms with E-state index in [0.29, 0.717) is 11.4 Å². The van der Waals surface area contributed by atoms with Crippen LogP contribution in [-0.2, 0) is 15.8 Å². The lowest BCUT2D eigenvalue weighted by Crippen LogP contribution is -2.22. The highest BCUT2D eigenvalue weighted by atomic mass is 19.4. The molecule has 0 bridgehead atoms. The van der Waals surface area contributed by atoms with Crippen LogP contribution in [0.2, 0.25) is 0 Å². The van der Waals surface area contributed by atoms with E-state index in [4.69, 9.17) is 0 Å². The summed E-state index contributed by atoms with van der Waals surface area (Å²) in [5.74, 6) is -0.619. The van der Waals surface area contributed by atoms with E-state index < -0.39 is 17.6 Å². The molecular formula is C17H16F3N3O2. The fourth-order valence-electron chi connectivity index (χ4n) is 2.03. The lowest BCUT2D eigenvalue weighted by atomic mass is 10.2. The van der Waals surface area contributed by atoms with Crippen LogP contribution in [0.5, 0.6) is 0 Å². The van der Waals surface area contributed by atoms with E-state index in [2.05, 4.69) is 16.0 Å². The fraction of sp³-hybridized carbons (Fsp3) is 0.176. The molecule has 0 heterocycles. The molecule has 2 rings (SSSR count). The minimum absolute atomic E-state index is 0.186. The van der Waals surface area contributed by atoms with E-state index in [1.165, 1.54) is 19.1 Å². The zero-order valence-electron chi connectivity index (χ0n) is 13.3. The number of benzene rings is 2. The van der Waals surface area contributed by atoms with Crippen LogP contribution in [0.4, 0.5) is 30.2 Å². The number of nitrogens with one attached hydrogen (secondary N) is 3. The topological polar surface area (TPSA) is 70.2 Å². The first-order chi connectivity index (χ1) is 11.7. The minimum atomic E-state index is -4.43. The van der Waals surface area contributed by atoms with Gasteiger partial charge in [0.15, 0.2) is 0 Å². The minimum Gasteiger partial charge on any atom is -0.376 e. The number of hydrogen-bond donors (Lipinski definition) is 3. The first kappa shape index (κ1) is 18.3. The SMILES string of the molecule is CC(=O)Nc1ccc(NC(=O)CNc2cccc(C(F)(F)F)c2)cc1. The Morgan fingerprint density at radius 1 is 0.920 bits per heavy atom. The van der Waals surface area contributed by atoms with Gasteiger partial charge in [-0.25, -0.2) is 0 Å². The van der Waals surface area contributed by atoms with E-state index in [1.54, 1.807) is 24.3 Å². The maximum Gasteiger partial charge on any atom is 0.416 e. The second-order valence-corrected chi connectivity index (χ2v) is 5.24. The molecule has 0 saturated heterocycles. The summed E-state index contributed by atoms with van der Waals surface area (Å²) in [4.78, 5) is 22.8. The van der Waals surface area contributed by atoms with Crippen molar-refractivity contribution in [3.63, 3.8) is 0 Å². The van der Waals surface area contributed by atoms with Crippen molar-refractivity contribution in [2.24, 2.45) is 0 Å². The summed E-state index contributed by atoms with van der Waals surface area (Å²) in [6.45, 7) is 1.20. The zero-order valence-corrected chi connectivity index (χ0v) is 13.3. The van der Waals surface area contributed by atoms with Crippen molar-refractivity contribution in [1.29, 1.82) is 0 Å². The molecule has 2 amide bonds. The number of amides is 2. The zero-order chi connectivity index (χ0) is 18.4. The molecule has 25 heavy (non-hydrogen) atoms. The Kier molecular flexibility index (Phi) is 5.63. The van der Waals surface area contributed by atoms with Gasteiger partial charge >= 0.3 is 6.18 Å². The van der Waals surface area contributed by atoms with E-state index in [0.717, 1.165) is 12.1 Å². The van der Waals surface area contributed by atoms with E-state index >= 15 is 0 Å². The standard InChI is InChI=1S/C17H16F3N3O2/c1-11(24)22-13-5-7-14(8-6-13)23-16(25)10-21-15-4-2-3-12(9-15)17(18,19)20/h2-9,21H,10H2,1H3,(H,22,24)(H,23,25). The van der Waals surface area contributed by atoms with Crippen LogP contribution < -0.4 is 16.0 Å². The van der Waals surface area contributed by atoms with Crippen molar-refractivity contribution >= 4 is 28.9 Å². The van der Waals surface area contributed by atoms with Gasteiger partial charge in [-0.05, 0) is 42.5 Å². The molecule has 2 aromatic rings. The van der Waals surface area contributed by atoms with Crippen LogP contribution in [-0.4, -0.2) is 18.4 Å². The summed E-state index contributed by atoms with van der Waals surface area (Å²) in [5.41, 5.74) is 0.509.